The summed E-state index contributed by atoms with van der Waals surface area (Å²) in [7, 11) is 0. The van der Waals surface area contributed by atoms with Crippen molar-refractivity contribution >= 4 is 40.2 Å². The van der Waals surface area contributed by atoms with E-state index in [0.717, 1.165) is 82.8 Å². The lowest BCUT2D eigenvalue weighted by atomic mass is 9.81. The Labute approximate surface area is 302 Å². The van der Waals surface area contributed by atoms with Crippen molar-refractivity contribution in [3.63, 3.8) is 0 Å². The van der Waals surface area contributed by atoms with Gasteiger partial charge in [-0.2, -0.15) is 11.8 Å². The van der Waals surface area contributed by atoms with Gasteiger partial charge < -0.3 is 29.4 Å². The minimum absolute atomic E-state index is 0.0265. The number of imide groups is 1. The summed E-state index contributed by atoms with van der Waals surface area (Å²) in [5.41, 5.74) is 0.700. The minimum Gasteiger partial charge on any atom is -0.493 e. The topological polar surface area (TPSA) is 135 Å². The van der Waals surface area contributed by atoms with E-state index in [9.17, 15) is 18.8 Å². The fourth-order valence-electron chi connectivity index (χ4n) is 7.13. The van der Waals surface area contributed by atoms with E-state index in [1.165, 1.54) is 6.07 Å². The molecule has 4 fully saturated rings. The lowest BCUT2D eigenvalue weighted by Gasteiger charge is -2.40. The van der Waals surface area contributed by atoms with Crippen molar-refractivity contribution in [1.29, 1.82) is 0 Å². The van der Waals surface area contributed by atoms with Gasteiger partial charge in [0.1, 0.15) is 34.6 Å². The van der Waals surface area contributed by atoms with Gasteiger partial charge in [-0.15, -0.1) is 0 Å². The molecule has 1 aromatic heterocycles. The van der Waals surface area contributed by atoms with Crippen LogP contribution in [-0.2, 0) is 20.1 Å². The highest BCUT2D eigenvalue weighted by Crippen LogP contribution is 2.34. The van der Waals surface area contributed by atoms with Gasteiger partial charge in [0.05, 0.1) is 24.0 Å². The molecular weight excluding hydrogens is 674 g/mol. The van der Waals surface area contributed by atoms with Gasteiger partial charge in [-0.1, -0.05) is 13.8 Å². The molecule has 51 heavy (non-hydrogen) atoms. The molecule has 4 aliphatic rings. The van der Waals surface area contributed by atoms with Crippen molar-refractivity contribution in [1.82, 2.24) is 20.2 Å². The number of hydrogen-bond donors (Lipinski definition) is 3. The molecule has 3 saturated heterocycles. The Morgan fingerprint density at radius 2 is 1.73 bits per heavy atom. The zero-order chi connectivity index (χ0) is 35.7. The van der Waals surface area contributed by atoms with Crippen LogP contribution in [0.3, 0.4) is 0 Å². The summed E-state index contributed by atoms with van der Waals surface area (Å²) in [5, 5.41) is 6.01. The highest BCUT2D eigenvalue weighted by Gasteiger charge is 2.33. The van der Waals surface area contributed by atoms with Crippen molar-refractivity contribution in [2.45, 2.75) is 88.4 Å². The molecule has 11 nitrogen and oxygen atoms in total. The third kappa shape index (κ3) is 10.0. The number of carbonyl (C=O) groups is 2. The number of piperidine rings is 2. The van der Waals surface area contributed by atoms with E-state index < -0.39 is 17.4 Å². The quantitative estimate of drug-likeness (QED) is 0.201. The molecule has 276 valence electrons. The maximum atomic E-state index is 15.0. The molecule has 3 N–H and O–H groups in total. The number of aromatic amines is 1. The van der Waals surface area contributed by atoms with Crippen LogP contribution < -0.4 is 25.7 Å². The van der Waals surface area contributed by atoms with Crippen LogP contribution in [0.15, 0.2) is 41.2 Å². The fraction of sp³-hybridized carbons (Fsp3) is 0.579. The van der Waals surface area contributed by atoms with Gasteiger partial charge in [0.25, 0.3) is 5.56 Å². The molecule has 1 saturated carbocycles. The van der Waals surface area contributed by atoms with E-state index >= 15 is 0 Å². The van der Waals surface area contributed by atoms with E-state index in [0.29, 0.717) is 59.4 Å². The summed E-state index contributed by atoms with van der Waals surface area (Å²) in [6, 6.07) is 10.2. The Morgan fingerprint density at radius 1 is 0.980 bits per heavy atom. The Kier molecular flexibility index (Phi) is 12.9. The first-order valence-corrected chi connectivity index (χ1v) is 19.5. The van der Waals surface area contributed by atoms with E-state index in [2.05, 4.69) is 25.5 Å². The highest BCUT2D eigenvalue weighted by molar-refractivity contribution is 7.99. The standard InChI is InChI=1S/C36H44FN5O6S.C2H6/c37-29-17-26(18-31-34(29)36(45)40-32(39-31)21-49-28-9-13-46-14-10-28)47-20-22-7-11-42(12-8-22)19-23-15-27(16-23)48-25-3-1-24(2-4-25)38-30-5-6-33(43)41-35(30)44;1-2/h1-4,17-18,22-23,27-28,30,38H,5-16,19-21H2,(H,39,40,45)(H,41,43,44);1-2H3. The van der Waals surface area contributed by atoms with Crippen molar-refractivity contribution in [2.75, 3.05) is 44.8 Å². The van der Waals surface area contributed by atoms with Gasteiger partial charge in [-0.25, -0.2) is 9.37 Å². The number of anilines is 1. The van der Waals surface area contributed by atoms with Gasteiger partial charge in [-0.05, 0) is 94.1 Å². The molecule has 0 spiro atoms. The summed E-state index contributed by atoms with van der Waals surface area (Å²) in [6.07, 6.45) is 7.10. The van der Waals surface area contributed by atoms with Crippen LogP contribution in [0.25, 0.3) is 10.9 Å². The summed E-state index contributed by atoms with van der Waals surface area (Å²) >= 11 is 1.75. The van der Waals surface area contributed by atoms with E-state index in [4.69, 9.17) is 14.2 Å². The molecule has 2 aromatic carbocycles. The molecule has 0 radical (unpaired) electrons. The second-order valence-electron chi connectivity index (χ2n) is 13.7. The molecule has 1 aliphatic carbocycles. The van der Waals surface area contributed by atoms with Crippen molar-refractivity contribution < 1.29 is 28.2 Å². The molecule has 4 heterocycles. The lowest BCUT2D eigenvalue weighted by molar-refractivity contribution is -0.133. The molecular formula is C38H50FN5O6S. The Morgan fingerprint density at radius 3 is 2.45 bits per heavy atom. The average Bonchev–Trinajstić information content (AvgIpc) is 3.12. The number of carbonyl (C=O) groups excluding carboxylic acids is 2. The van der Waals surface area contributed by atoms with Gasteiger partial charge in [-0.3, -0.25) is 19.7 Å². The minimum atomic E-state index is -0.610. The zero-order valence-corrected chi connectivity index (χ0v) is 30.4. The first kappa shape index (κ1) is 37.1. The summed E-state index contributed by atoms with van der Waals surface area (Å²) < 4.78 is 32.6. The summed E-state index contributed by atoms with van der Waals surface area (Å²) in [6.45, 7) is 9.11. The number of likely N-dealkylation sites (tertiary alicyclic amines) is 1. The van der Waals surface area contributed by atoms with Crippen LogP contribution in [-0.4, -0.2) is 83.5 Å². The van der Waals surface area contributed by atoms with Gasteiger partial charge in [0, 0.05) is 49.2 Å². The largest absolute Gasteiger partial charge is 0.493 e. The fourth-order valence-corrected chi connectivity index (χ4v) is 8.18. The molecule has 3 aliphatic heterocycles. The number of H-pyrrole nitrogens is 1. The molecule has 3 aromatic rings. The number of benzene rings is 2. The van der Waals surface area contributed by atoms with E-state index in [-0.39, 0.29) is 23.3 Å². The maximum absolute atomic E-state index is 15.0. The van der Waals surface area contributed by atoms with Crippen molar-refractivity contribution in [3.05, 3.63) is 58.4 Å². The predicted octanol–water partition coefficient (Wildman–Crippen LogP) is 5.67. The summed E-state index contributed by atoms with van der Waals surface area (Å²) in [4.78, 5) is 45.9. The summed E-state index contributed by atoms with van der Waals surface area (Å²) in [5.74, 6) is 2.23. The second-order valence-corrected chi connectivity index (χ2v) is 15.0. The third-order valence-electron chi connectivity index (χ3n) is 10.0. The first-order valence-electron chi connectivity index (χ1n) is 18.5. The van der Waals surface area contributed by atoms with Gasteiger partial charge >= 0.3 is 0 Å². The number of ether oxygens (including phenoxy) is 3. The van der Waals surface area contributed by atoms with Gasteiger partial charge in [0.2, 0.25) is 11.8 Å². The number of nitrogens with zero attached hydrogens (tertiary/aromatic N) is 2. The normalized spacial score (nSPS) is 23.2. The lowest BCUT2D eigenvalue weighted by Crippen LogP contribution is -2.47. The van der Waals surface area contributed by atoms with Crippen LogP contribution in [0.1, 0.15) is 71.0 Å². The van der Waals surface area contributed by atoms with E-state index in [1.54, 1.807) is 17.8 Å². The monoisotopic (exact) mass is 723 g/mol. The molecule has 1 atom stereocenters. The molecule has 1 unspecified atom stereocenters. The number of hydrogen-bond acceptors (Lipinski definition) is 10. The Bertz CT molecular complexity index is 1690. The Balaban J connectivity index is 0.00000220. The first-order chi connectivity index (χ1) is 24.8. The van der Waals surface area contributed by atoms with Crippen molar-refractivity contribution in [2.24, 2.45) is 11.8 Å². The van der Waals surface area contributed by atoms with E-state index in [1.807, 2.05) is 38.1 Å². The molecule has 13 heteroatoms. The average molecular weight is 724 g/mol. The number of halogens is 1. The predicted molar refractivity (Wildman–Crippen MR) is 197 cm³/mol. The number of fused-ring (bicyclic) bond motifs is 1. The smallest absolute Gasteiger partial charge is 0.261 e. The van der Waals surface area contributed by atoms with Crippen LogP contribution >= 0.6 is 11.8 Å². The number of thioether (sulfide) groups is 1. The van der Waals surface area contributed by atoms with Crippen LogP contribution in [0.4, 0.5) is 10.1 Å². The number of aromatic nitrogens is 2. The van der Waals surface area contributed by atoms with Gasteiger partial charge in [0.15, 0.2) is 0 Å². The number of amides is 2. The molecule has 2 amide bonds. The van der Waals surface area contributed by atoms with Crippen LogP contribution in [0.5, 0.6) is 11.5 Å². The zero-order valence-electron chi connectivity index (χ0n) is 29.6. The number of nitrogens with one attached hydrogen (secondary N) is 3. The maximum Gasteiger partial charge on any atom is 0.261 e. The Hall–Kier alpha value is -3.68. The third-order valence-corrected chi connectivity index (χ3v) is 11.4. The number of rotatable bonds is 12. The molecule has 0 bridgehead atoms. The SMILES string of the molecule is CC.O=C1CCC(Nc2ccc(OC3CC(CN4CCC(COc5cc(F)c6c(=O)[nH]c(CSC7CCOCC7)nc6c5)CC4)C3)cc2)C(=O)N1. The highest BCUT2D eigenvalue weighted by atomic mass is 32.2. The van der Waals surface area contributed by atoms with Crippen LogP contribution in [0, 0.1) is 17.7 Å². The molecule has 7 rings (SSSR count). The van der Waals surface area contributed by atoms with Crippen molar-refractivity contribution in [3.8, 4) is 11.5 Å². The van der Waals surface area contributed by atoms with Crippen LogP contribution in [0.2, 0.25) is 0 Å². The second kappa shape index (κ2) is 17.7.